The highest BCUT2D eigenvalue weighted by Gasteiger charge is 2.17. The molecule has 0 aliphatic carbocycles. The second-order valence-electron chi connectivity index (χ2n) is 6.95. The number of ether oxygens (including phenoxy) is 1. The molecule has 6 heteroatoms. The summed E-state index contributed by atoms with van der Waals surface area (Å²) >= 11 is 3.49. The number of halogens is 2. The number of benzene rings is 2. The molecule has 0 radical (unpaired) electrons. The molecule has 0 bridgehead atoms. The van der Waals surface area contributed by atoms with Crippen LogP contribution in [0.2, 0.25) is 0 Å². The minimum Gasteiger partial charge on any atom is -0.459 e. The summed E-state index contributed by atoms with van der Waals surface area (Å²) < 4.78 is 25.3. The van der Waals surface area contributed by atoms with E-state index >= 15 is 0 Å². The van der Waals surface area contributed by atoms with Gasteiger partial charge in [-0.25, -0.2) is 9.18 Å². The van der Waals surface area contributed by atoms with Gasteiger partial charge in [-0.15, -0.1) is 0 Å². The molecule has 0 unspecified atom stereocenters. The summed E-state index contributed by atoms with van der Waals surface area (Å²) in [5.74, 6) is 0.314. The number of amides is 1. The summed E-state index contributed by atoms with van der Waals surface area (Å²) in [6, 6.07) is 12.0. The Morgan fingerprint density at radius 3 is 2.54 bits per heavy atom. The zero-order valence-electron chi connectivity index (χ0n) is 14.7. The zero-order valence-corrected chi connectivity index (χ0v) is 16.3. The Balaban J connectivity index is 1.87. The third-order valence-corrected chi connectivity index (χ3v) is 4.05. The standard InChI is InChI=1S/C20H19BrFNO3/c1-20(2,3)26-19(24)23-11-16-9-13-8-14(21)10-17(18(13)25-16)12-4-6-15(22)7-5-12/h4-10H,11H2,1-3H3,(H,23,24). The molecule has 2 aromatic carbocycles. The van der Waals surface area contributed by atoms with E-state index in [4.69, 9.17) is 9.15 Å². The summed E-state index contributed by atoms with van der Waals surface area (Å²) in [5.41, 5.74) is 1.82. The van der Waals surface area contributed by atoms with Crippen molar-refractivity contribution in [1.29, 1.82) is 0 Å². The number of hydrogen-bond donors (Lipinski definition) is 1. The van der Waals surface area contributed by atoms with Crippen molar-refractivity contribution in [3.63, 3.8) is 0 Å². The molecule has 1 amide bonds. The fraction of sp³-hybridized carbons (Fsp3) is 0.250. The molecular formula is C20H19BrFNO3. The first-order chi connectivity index (χ1) is 12.2. The van der Waals surface area contributed by atoms with Gasteiger partial charge in [-0.1, -0.05) is 28.1 Å². The van der Waals surface area contributed by atoms with Crippen LogP contribution in [0.4, 0.5) is 9.18 Å². The highest BCUT2D eigenvalue weighted by molar-refractivity contribution is 9.10. The van der Waals surface area contributed by atoms with Crippen LogP contribution < -0.4 is 5.32 Å². The third-order valence-electron chi connectivity index (χ3n) is 3.59. The SMILES string of the molecule is CC(C)(C)OC(=O)NCc1cc2cc(Br)cc(-c3ccc(F)cc3)c2o1. The van der Waals surface area contributed by atoms with Crippen LogP contribution in [0.3, 0.4) is 0 Å². The third kappa shape index (κ3) is 4.43. The Bertz CT molecular complexity index is 942. The lowest BCUT2D eigenvalue weighted by Gasteiger charge is -2.19. The Hall–Kier alpha value is -2.34. The van der Waals surface area contributed by atoms with Crippen molar-refractivity contribution in [3.05, 3.63) is 58.5 Å². The Morgan fingerprint density at radius 1 is 1.19 bits per heavy atom. The van der Waals surface area contributed by atoms with Crippen molar-refractivity contribution in [3.8, 4) is 11.1 Å². The maximum absolute atomic E-state index is 13.2. The van der Waals surface area contributed by atoms with Crippen molar-refractivity contribution < 1.29 is 18.3 Å². The van der Waals surface area contributed by atoms with Gasteiger partial charge in [0.05, 0.1) is 6.54 Å². The van der Waals surface area contributed by atoms with Gasteiger partial charge in [0, 0.05) is 15.4 Å². The van der Waals surface area contributed by atoms with Crippen LogP contribution in [0.15, 0.2) is 51.4 Å². The van der Waals surface area contributed by atoms with Gasteiger partial charge in [-0.05, 0) is 56.7 Å². The number of fused-ring (bicyclic) bond motifs is 1. The van der Waals surface area contributed by atoms with Crippen LogP contribution in [-0.2, 0) is 11.3 Å². The number of alkyl carbamates (subject to hydrolysis) is 1. The molecule has 0 saturated heterocycles. The molecule has 26 heavy (non-hydrogen) atoms. The van der Waals surface area contributed by atoms with Gasteiger partial charge in [0.1, 0.15) is 22.8 Å². The highest BCUT2D eigenvalue weighted by Crippen LogP contribution is 2.34. The van der Waals surface area contributed by atoms with Crippen LogP contribution >= 0.6 is 15.9 Å². The van der Waals surface area contributed by atoms with Crippen LogP contribution in [0, 0.1) is 5.82 Å². The Labute approximate surface area is 159 Å². The quantitative estimate of drug-likeness (QED) is 0.563. The summed E-state index contributed by atoms with van der Waals surface area (Å²) in [4.78, 5) is 11.8. The van der Waals surface area contributed by atoms with Crippen molar-refractivity contribution in [2.45, 2.75) is 32.9 Å². The molecule has 0 atom stereocenters. The number of nitrogens with one attached hydrogen (secondary N) is 1. The summed E-state index contributed by atoms with van der Waals surface area (Å²) in [5, 5.41) is 3.57. The summed E-state index contributed by atoms with van der Waals surface area (Å²) in [6.07, 6.45) is -0.502. The summed E-state index contributed by atoms with van der Waals surface area (Å²) in [7, 11) is 0. The van der Waals surface area contributed by atoms with Gasteiger partial charge in [0.15, 0.2) is 0 Å². The fourth-order valence-corrected chi connectivity index (χ4v) is 3.05. The van der Waals surface area contributed by atoms with Gasteiger partial charge < -0.3 is 14.5 Å². The molecule has 1 aromatic heterocycles. The molecule has 3 aromatic rings. The normalized spacial score (nSPS) is 11.6. The number of carbonyl (C=O) groups is 1. The summed E-state index contributed by atoms with van der Waals surface area (Å²) in [6.45, 7) is 5.63. The van der Waals surface area contributed by atoms with E-state index in [-0.39, 0.29) is 12.4 Å². The lowest BCUT2D eigenvalue weighted by molar-refractivity contribution is 0.0520. The molecule has 3 rings (SSSR count). The predicted molar refractivity (Wildman–Crippen MR) is 102 cm³/mol. The van der Waals surface area contributed by atoms with E-state index in [0.717, 1.165) is 21.0 Å². The highest BCUT2D eigenvalue weighted by atomic mass is 79.9. The zero-order chi connectivity index (χ0) is 18.9. The van der Waals surface area contributed by atoms with Crippen LogP contribution in [0.1, 0.15) is 26.5 Å². The lowest BCUT2D eigenvalue weighted by atomic mass is 10.0. The fourth-order valence-electron chi connectivity index (χ4n) is 2.57. The number of furan rings is 1. The molecule has 0 fully saturated rings. The van der Waals surface area contributed by atoms with Gasteiger partial charge in [-0.3, -0.25) is 0 Å². The molecule has 1 heterocycles. The maximum Gasteiger partial charge on any atom is 0.408 e. The second kappa shape index (κ2) is 7.11. The topological polar surface area (TPSA) is 51.5 Å². The number of carbonyl (C=O) groups excluding carboxylic acids is 1. The van der Waals surface area contributed by atoms with E-state index in [9.17, 15) is 9.18 Å². The molecule has 4 nitrogen and oxygen atoms in total. The van der Waals surface area contributed by atoms with Crippen molar-refractivity contribution in [2.24, 2.45) is 0 Å². The monoisotopic (exact) mass is 419 g/mol. The minimum atomic E-state index is -0.557. The number of rotatable bonds is 3. The second-order valence-corrected chi connectivity index (χ2v) is 7.86. The van der Waals surface area contributed by atoms with E-state index in [2.05, 4.69) is 21.2 Å². The first-order valence-electron chi connectivity index (χ1n) is 8.16. The first kappa shape index (κ1) is 18.5. The Morgan fingerprint density at radius 2 is 1.88 bits per heavy atom. The molecular weight excluding hydrogens is 401 g/mol. The van der Waals surface area contributed by atoms with Crippen LogP contribution in [0.5, 0.6) is 0 Å². The molecule has 1 N–H and O–H groups in total. The average molecular weight is 420 g/mol. The predicted octanol–water partition coefficient (Wildman–Crippen LogP) is 6.03. The van der Waals surface area contributed by atoms with Crippen molar-refractivity contribution in [1.82, 2.24) is 5.32 Å². The van der Waals surface area contributed by atoms with Crippen molar-refractivity contribution in [2.75, 3.05) is 0 Å². The lowest BCUT2D eigenvalue weighted by Crippen LogP contribution is -2.32. The smallest absolute Gasteiger partial charge is 0.408 e. The van der Waals surface area contributed by atoms with Gasteiger partial charge in [0.25, 0.3) is 0 Å². The van der Waals surface area contributed by atoms with E-state index in [0.29, 0.717) is 11.3 Å². The van der Waals surface area contributed by atoms with E-state index in [1.807, 2.05) is 18.2 Å². The van der Waals surface area contributed by atoms with Gasteiger partial charge >= 0.3 is 6.09 Å². The maximum atomic E-state index is 13.2. The van der Waals surface area contributed by atoms with Crippen LogP contribution in [0.25, 0.3) is 22.1 Å². The molecule has 0 aliphatic rings. The number of hydrogen-bond acceptors (Lipinski definition) is 3. The van der Waals surface area contributed by atoms with Gasteiger partial charge in [0.2, 0.25) is 0 Å². The molecule has 0 saturated carbocycles. The largest absolute Gasteiger partial charge is 0.459 e. The van der Waals surface area contributed by atoms with E-state index in [1.165, 1.54) is 12.1 Å². The Kier molecular flexibility index (Phi) is 5.05. The molecule has 0 spiro atoms. The molecule has 0 aliphatic heterocycles. The van der Waals surface area contributed by atoms with Crippen LogP contribution in [-0.4, -0.2) is 11.7 Å². The van der Waals surface area contributed by atoms with Gasteiger partial charge in [-0.2, -0.15) is 0 Å². The van der Waals surface area contributed by atoms with Crippen molar-refractivity contribution >= 4 is 33.0 Å². The van der Waals surface area contributed by atoms with E-state index < -0.39 is 11.7 Å². The van der Waals surface area contributed by atoms with E-state index in [1.54, 1.807) is 32.9 Å². The molecule has 136 valence electrons. The average Bonchev–Trinajstić information content (AvgIpc) is 2.94. The first-order valence-corrected chi connectivity index (χ1v) is 8.95. The minimum absolute atomic E-state index is 0.212.